The summed E-state index contributed by atoms with van der Waals surface area (Å²) in [7, 11) is 0. The van der Waals surface area contributed by atoms with Crippen LogP contribution in [0.1, 0.15) is 18.4 Å². The summed E-state index contributed by atoms with van der Waals surface area (Å²) in [6.07, 6.45) is 2.29. The minimum Gasteiger partial charge on any atom is -0.348 e. The number of quaternary nitrogens is 2. The fraction of sp³-hybridized carbons (Fsp3) is 0.526. The average Bonchev–Trinajstić information content (AvgIpc) is 3.40. The van der Waals surface area contributed by atoms with Crippen molar-refractivity contribution in [2.45, 2.75) is 32.5 Å². The van der Waals surface area contributed by atoms with E-state index in [-0.39, 0.29) is 5.91 Å². The molecule has 2 aromatic rings. The molecule has 1 aromatic carbocycles. The highest BCUT2D eigenvalue weighted by molar-refractivity contribution is 7.73. The number of carbonyl (C=O) groups is 1. The summed E-state index contributed by atoms with van der Waals surface area (Å²) in [5, 5.41) is 11.9. The zero-order chi connectivity index (χ0) is 19.5. The summed E-state index contributed by atoms with van der Waals surface area (Å²) in [5.74, 6) is 0.203. The number of hydrogen-bond donors (Lipinski definition) is 4. The highest BCUT2D eigenvalue weighted by Gasteiger charge is 2.28. The lowest BCUT2D eigenvalue weighted by Crippen LogP contribution is -3.28. The van der Waals surface area contributed by atoms with Crippen molar-refractivity contribution in [1.82, 2.24) is 15.1 Å². The van der Waals surface area contributed by atoms with Crippen LogP contribution in [0, 0.1) is 10.9 Å². The Morgan fingerprint density at radius 2 is 2.04 bits per heavy atom. The molecule has 2 heterocycles. The number of anilines is 2. The highest BCUT2D eigenvalue weighted by Crippen LogP contribution is 2.20. The van der Waals surface area contributed by atoms with E-state index in [9.17, 15) is 4.79 Å². The molecule has 1 aliphatic heterocycles. The maximum absolute atomic E-state index is 12.0. The molecule has 1 saturated carbocycles. The Bertz CT molecular complexity index is 883. The van der Waals surface area contributed by atoms with Gasteiger partial charge < -0.3 is 20.4 Å². The molecule has 2 fully saturated rings. The van der Waals surface area contributed by atoms with Crippen molar-refractivity contribution < 1.29 is 14.6 Å². The van der Waals surface area contributed by atoms with Crippen molar-refractivity contribution in [2.75, 3.05) is 38.0 Å². The van der Waals surface area contributed by atoms with Gasteiger partial charge in [-0.15, -0.1) is 5.10 Å². The molecule has 4 N–H and O–H groups in total. The first-order valence-corrected chi connectivity index (χ1v) is 11.2. The second-order valence-corrected chi connectivity index (χ2v) is 9.47. The fourth-order valence-electron chi connectivity index (χ4n) is 3.54. The quantitative estimate of drug-likeness (QED) is 0.466. The smallest absolute Gasteiger partial charge is 0.275 e. The fourth-order valence-corrected chi connectivity index (χ4v) is 4.57. The third kappa shape index (κ3) is 5.38. The van der Waals surface area contributed by atoms with Crippen LogP contribution >= 0.6 is 23.6 Å². The molecule has 0 bridgehead atoms. The minimum absolute atomic E-state index is 0.203. The summed E-state index contributed by atoms with van der Waals surface area (Å²) < 4.78 is 2.72. The lowest BCUT2D eigenvalue weighted by molar-refractivity contribution is -1.02. The molecule has 150 valence electrons. The van der Waals surface area contributed by atoms with Crippen molar-refractivity contribution in [3.8, 4) is 0 Å². The van der Waals surface area contributed by atoms with Gasteiger partial charge >= 0.3 is 0 Å². The normalized spacial score (nSPS) is 22.0. The number of nitrogens with one attached hydrogen (secondary N) is 4. The van der Waals surface area contributed by atoms with Gasteiger partial charge in [-0.05, 0) is 49.7 Å². The molecule has 1 aliphatic carbocycles. The second-order valence-electron chi connectivity index (χ2n) is 7.84. The zero-order valence-electron chi connectivity index (χ0n) is 16.2. The molecule has 0 unspecified atom stereocenters. The molecule has 1 saturated heterocycles. The first-order valence-electron chi connectivity index (χ1n) is 9.93. The van der Waals surface area contributed by atoms with Crippen molar-refractivity contribution >= 4 is 40.3 Å². The Balaban J connectivity index is 1.27. The molecule has 0 radical (unpaired) electrons. The maximum atomic E-state index is 12.0. The van der Waals surface area contributed by atoms with E-state index < -0.39 is 0 Å². The molecule has 1 amide bonds. The maximum Gasteiger partial charge on any atom is 0.275 e. The largest absolute Gasteiger partial charge is 0.348 e. The first-order chi connectivity index (χ1) is 13.5. The van der Waals surface area contributed by atoms with Crippen LogP contribution in [-0.4, -0.2) is 54.5 Å². The van der Waals surface area contributed by atoms with E-state index in [1.54, 1.807) is 0 Å². The molecule has 28 heavy (non-hydrogen) atoms. The number of amides is 1. The van der Waals surface area contributed by atoms with E-state index in [0.29, 0.717) is 12.6 Å². The van der Waals surface area contributed by atoms with Gasteiger partial charge in [-0.25, -0.2) is 0 Å². The van der Waals surface area contributed by atoms with Crippen LogP contribution in [0.25, 0.3) is 0 Å². The Hall–Kier alpha value is -1.81. The summed E-state index contributed by atoms with van der Waals surface area (Å²) in [6, 6.07) is 8.69. The van der Waals surface area contributed by atoms with Crippen LogP contribution in [0.15, 0.2) is 24.3 Å². The molecule has 7 nitrogen and oxygen atoms in total. The van der Waals surface area contributed by atoms with Crippen molar-refractivity contribution in [3.05, 3.63) is 33.8 Å². The monoisotopic (exact) mass is 420 g/mol. The van der Waals surface area contributed by atoms with Crippen molar-refractivity contribution in [2.24, 2.45) is 0 Å². The Morgan fingerprint density at radius 3 is 2.75 bits per heavy atom. The van der Waals surface area contributed by atoms with Gasteiger partial charge in [-0.2, -0.15) is 4.68 Å². The van der Waals surface area contributed by atoms with Crippen molar-refractivity contribution in [3.63, 3.8) is 0 Å². The summed E-state index contributed by atoms with van der Waals surface area (Å²) in [5.41, 5.74) is 2.24. The van der Waals surface area contributed by atoms with Crippen LogP contribution in [0.5, 0.6) is 0 Å². The van der Waals surface area contributed by atoms with Gasteiger partial charge in [-0.1, -0.05) is 23.5 Å². The molecule has 9 heteroatoms. The van der Waals surface area contributed by atoms with Gasteiger partial charge in [0, 0.05) is 11.7 Å². The summed E-state index contributed by atoms with van der Waals surface area (Å²) in [4.78, 5) is 14.8. The van der Waals surface area contributed by atoms with E-state index >= 15 is 0 Å². The predicted octanol–water partition coefficient (Wildman–Crippen LogP) is -0.254. The molecular weight excluding hydrogens is 392 g/mol. The second kappa shape index (κ2) is 8.69. The van der Waals surface area contributed by atoms with Crippen molar-refractivity contribution in [1.29, 1.82) is 0 Å². The van der Waals surface area contributed by atoms with Gasteiger partial charge in [0.15, 0.2) is 17.2 Å². The van der Waals surface area contributed by atoms with E-state index in [0.717, 1.165) is 60.5 Å². The lowest BCUT2D eigenvalue weighted by atomic mass is 10.2. The van der Waals surface area contributed by atoms with E-state index in [4.69, 9.17) is 12.2 Å². The highest BCUT2D eigenvalue weighted by atomic mass is 32.1. The summed E-state index contributed by atoms with van der Waals surface area (Å²) >= 11 is 7.03. The Labute approximate surface area is 174 Å². The number of nitrogens with zero attached hydrogens (tertiary/aromatic N) is 2. The number of piperazine rings is 1. The molecule has 2 aliphatic rings. The Morgan fingerprint density at radius 1 is 1.29 bits per heavy atom. The van der Waals surface area contributed by atoms with Crippen LogP contribution in [0.4, 0.5) is 10.8 Å². The van der Waals surface area contributed by atoms with Gasteiger partial charge in [0.1, 0.15) is 26.2 Å². The number of hydrogen-bond acceptors (Lipinski definition) is 5. The predicted molar refractivity (Wildman–Crippen MR) is 113 cm³/mol. The van der Waals surface area contributed by atoms with Gasteiger partial charge in [-0.3, -0.25) is 4.79 Å². The standard InChI is InChI=1S/C19H26N6OS2/c1-14-3-2-4-16(11-14)21-18-22-25(19(27)28-18)13-24-9-7-23(8-10-24)12-17(26)20-15-5-6-15/h2-4,11,15H,5-10,12-13H2,1H3,(H,20,26)(H,21,22)/p+2. The lowest BCUT2D eigenvalue weighted by Gasteiger charge is -2.29. The van der Waals surface area contributed by atoms with E-state index in [1.165, 1.54) is 26.7 Å². The van der Waals surface area contributed by atoms with Crippen LogP contribution in [-0.2, 0) is 11.5 Å². The molecule has 4 rings (SSSR count). The van der Waals surface area contributed by atoms with Gasteiger partial charge in [0.05, 0.1) is 0 Å². The minimum atomic E-state index is 0.203. The number of benzene rings is 1. The number of carbonyl (C=O) groups excluding carboxylic acids is 1. The topological polar surface area (TPSA) is 67.8 Å². The van der Waals surface area contributed by atoms with Crippen LogP contribution in [0.3, 0.4) is 0 Å². The van der Waals surface area contributed by atoms with E-state index in [2.05, 4.69) is 34.8 Å². The van der Waals surface area contributed by atoms with Gasteiger partial charge in [0.2, 0.25) is 5.13 Å². The third-order valence-electron chi connectivity index (χ3n) is 5.27. The Kier molecular flexibility index (Phi) is 6.05. The SMILES string of the molecule is Cc1cccc(Nc2nn(C[NH+]3CC[NH+](CC(=O)NC4CC4)CC3)c(=S)s2)c1. The third-order valence-corrected chi connectivity index (χ3v) is 6.49. The molecular formula is C19H28N6OS2+2. The van der Waals surface area contributed by atoms with E-state index in [1.807, 2.05) is 16.8 Å². The van der Waals surface area contributed by atoms with Gasteiger partial charge in [0.25, 0.3) is 5.91 Å². The zero-order valence-corrected chi connectivity index (χ0v) is 17.8. The van der Waals surface area contributed by atoms with Crippen LogP contribution in [0.2, 0.25) is 0 Å². The number of aromatic nitrogens is 2. The molecule has 0 spiro atoms. The average molecular weight is 421 g/mol. The number of rotatable bonds is 7. The summed E-state index contributed by atoms with van der Waals surface area (Å²) in [6.45, 7) is 7.56. The molecule has 1 aromatic heterocycles. The first kappa shape index (κ1) is 19.5. The number of aryl methyl sites for hydroxylation is 1. The van der Waals surface area contributed by atoms with Crippen LogP contribution < -0.4 is 20.4 Å². The molecule has 0 atom stereocenters.